The molecule has 5 heteroatoms. The Bertz CT molecular complexity index is 411. The normalized spacial score (nSPS) is 13.8. The van der Waals surface area contributed by atoms with Gasteiger partial charge in [-0.3, -0.25) is 0 Å². The molecule has 108 valence electrons. The van der Waals surface area contributed by atoms with E-state index in [9.17, 15) is 0 Å². The minimum atomic E-state index is 0. The van der Waals surface area contributed by atoms with E-state index < -0.39 is 0 Å². The van der Waals surface area contributed by atoms with Gasteiger partial charge in [-0.15, -0.1) is 24.2 Å². The van der Waals surface area contributed by atoms with E-state index in [1.165, 1.54) is 23.5 Å². The van der Waals surface area contributed by atoms with E-state index in [4.69, 9.17) is 15.2 Å². The highest BCUT2D eigenvalue weighted by Gasteiger charge is 2.22. The summed E-state index contributed by atoms with van der Waals surface area (Å²) in [6.07, 6.45) is 3.56. The third-order valence-electron chi connectivity index (χ3n) is 3.15. The zero-order chi connectivity index (χ0) is 13.0. The Hall–Kier alpha value is -0.580. The van der Waals surface area contributed by atoms with E-state index in [1.807, 2.05) is 11.8 Å². The Kier molecular flexibility index (Phi) is 6.83. The van der Waals surface area contributed by atoms with Crippen molar-refractivity contribution in [2.75, 3.05) is 26.5 Å². The molecule has 0 aliphatic heterocycles. The van der Waals surface area contributed by atoms with Crippen LogP contribution in [0.5, 0.6) is 11.5 Å². The minimum absolute atomic E-state index is 0. The maximum atomic E-state index is 5.62. The molecule has 0 spiro atoms. The number of rotatable bonds is 7. The summed E-state index contributed by atoms with van der Waals surface area (Å²) >= 11 is 1.86. The van der Waals surface area contributed by atoms with Crippen LogP contribution in [-0.2, 0) is 6.42 Å². The summed E-state index contributed by atoms with van der Waals surface area (Å²) in [5.41, 5.74) is 6.74. The van der Waals surface area contributed by atoms with Gasteiger partial charge in [-0.25, -0.2) is 0 Å². The van der Waals surface area contributed by atoms with Gasteiger partial charge < -0.3 is 15.2 Å². The highest BCUT2D eigenvalue weighted by atomic mass is 35.5. The Balaban J connectivity index is 0.00000180. The number of nitrogens with two attached hydrogens (primary N) is 1. The van der Waals surface area contributed by atoms with Gasteiger partial charge >= 0.3 is 0 Å². The molecule has 1 fully saturated rings. The van der Waals surface area contributed by atoms with Crippen LogP contribution in [0.2, 0.25) is 0 Å². The molecule has 1 aliphatic rings. The second-order valence-electron chi connectivity index (χ2n) is 4.61. The van der Waals surface area contributed by atoms with Crippen LogP contribution in [0.25, 0.3) is 0 Å². The van der Waals surface area contributed by atoms with Crippen LogP contribution in [-0.4, -0.2) is 26.5 Å². The first kappa shape index (κ1) is 16.5. The third kappa shape index (κ3) is 4.48. The molecule has 0 aromatic heterocycles. The lowest BCUT2D eigenvalue weighted by Crippen LogP contribution is -2.05. The number of benzene rings is 1. The molecule has 2 N–H and O–H groups in total. The van der Waals surface area contributed by atoms with Gasteiger partial charge in [0.1, 0.15) is 11.5 Å². The summed E-state index contributed by atoms with van der Waals surface area (Å²) in [6.45, 7) is 0.619. The average Bonchev–Trinajstić information content (AvgIpc) is 3.21. The van der Waals surface area contributed by atoms with Crippen LogP contribution in [0.3, 0.4) is 0 Å². The van der Waals surface area contributed by atoms with Gasteiger partial charge in [0.15, 0.2) is 0 Å². The Morgan fingerprint density at radius 1 is 1.21 bits per heavy atom. The number of methoxy groups -OCH3 is 2. The predicted octanol–water partition coefficient (Wildman–Crippen LogP) is 3.13. The van der Waals surface area contributed by atoms with Crippen molar-refractivity contribution in [2.45, 2.75) is 24.2 Å². The van der Waals surface area contributed by atoms with E-state index in [0.717, 1.165) is 29.4 Å². The van der Waals surface area contributed by atoms with Gasteiger partial charge in [-0.05, 0) is 49.4 Å². The summed E-state index contributed by atoms with van der Waals surface area (Å²) in [6, 6.07) is 4.14. The van der Waals surface area contributed by atoms with Gasteiger partial charge in [0.05, 0.1) is 19.1 Å². The van der Waals surface area contributed by atoms with Crippen molar-refractivity contribution in [3.63, 3.8) is 0 Å². The molecule has 1 saturated carbocycles. The van der Waals surface area contributed by atoms with Crippen molar-refractivity contribution in [2.24, 2.45) is 11.7 Å². The first-order valence-corrected chi connectivity index (χ1v) is 7.34. The number of hydrogen-bond acceptors (Lipinski definition) is 4. The maximum absolute atomic E-state index is 5.62. The molecule has 0 radical (unpaired) electrons. The molecule has 0 saturated heterocycles. The number of ether oxygens (including phenoxy) is 2. The van der Waals surface area contributed by atoms with Crippen LogP contribution in [0, 0.1) is 5.92 Å². The van der Waals surface area contributed by atoms with Crippen LogP contribution in [0.15, 0.2) is 17.0 Å². The third-order valence-corrected chi connectivity index (χ3v) is 4.42. The van der Waals surface area contributed by atoms with Gasteiger partial charge in [-0.1, -0.05) is 0 Å². The fraction of sp³-hybridized carbons (Fsp3) is 0.571. The van der Waals surface area contributed by atoms with Gasteiger partial charge in [0.25, 0.3) is 0 Å². The van der Waals surface area contributed by atoms with Crippen molar-refractivity contribution < 1.29 is 9.47 Å². The molecular weight excluding hydrogens is 282 g/mol. The van der Waals surface area contributed by atoms with Gasteiger partial charge in [0.2, 0.25) is 0 Å². The zero-order valence-electron chi connectivity index (χ0n) is 11.5. The van der Waals surface area contributed by atoms with E-state index in [2.05, 4.69) is 12.1 Å². The van der Waals surface area contributed by atoms with Crippen molar-refractivity contribution in [3.8, 4) is 11.5 Å². The molecule has 0 bridgehead atoms. The SMILES string of the molecule is COc1cc(SCC2CC2)c(OC)cc1CCN.Cl. The largest absolute Gasteiger partial charge is 0.496 e. The van der Waals surface area contributed by atoms with Crippen molar-refractivity contribution in [1.29, 1.82) is 0 Å². The van der Waals surface area contributed by atoms with Crippen LogP contribution >= 0.6 is 24.2 Å². The summed E-state index contributed by atoms with van der Waals surface area (Å²) < 4.78 is 10.9. The summed E-state index contributed by atoms with van der Waals surface area (Å²) in [5.74, 6) is 3.93. The topological polar surface area (TPSA) is 44.5 Å². The molecular formula is C14H22ClNO2S. The lowest BCUT2D eigenvalue weighted by Gasteiger charge is -2.14. The first-order valence-electron chi connectivity index (χ1n) is 6.36. The van der Waals surface area contributed by atoms with E-state index >= 15 is 0 Å². The van der Waals surface area contributed by atoms with E-state index in [0.29, 0.717) is 6.54 Å². The standard InChI is InChI=1S/C14H21NO2S.ClH/c1-16-12-8-14(18-9-10-3-4-10)13(17-2)7-11(12)5-6-15;/h7-8,10H,3-6,9,15H2,1-2H3;1H. The van der Waals surface area contributed by atoms with Crippen molar-refractivity contribution in [1.82, 2.24) is 0 Å². The summed E-state index contributed by atoms with van der Waals surface area (Å²) in [4.78, 5) is 1.17. The fourth-order valence-electron chi connectivity index (χ4n) is 1.89. The predicted molar refractivity (Wildman–Crippen MR) is 83.0 cm³/mol. The fourth-order valence-corrected chi connectivity index (χ4v) is 3.11. The van der Waals surface area contributed by atoms with Crippen LogP contribution < -0.4 is 15.2 Å². The molecule has 0 atom stereocenters. The summed E-state index contributed by atoms with van der Waals surface area (Å²) in [5, 5.41) is 0. The van der Waals surface area contributed by atoms with Crippen LogP contribution in [0.1, 0.15) is 18.4 Å². The Morgan fingerprint density at radius 2 is 1.89 bits per heavy atom. The highest BCUT2D eigenvalue weighted by Crippen LogP contribution is 2.40. The second kappa shape index (κ2) is 7.88. The maximum Gasteiger partial charge on any atom is 0.132 e. The monoisotopic (exact) mass is 303 g/mol. The number of halogens is 1. The molecule has 0 unspecified atom stereocenters. The van der Waals surface area contributed by atoms with Gasteiger partial charge in [-0.2, -0.15) is 0 Å². The molecule has 19 heavy (non-hydrogen) atoms. The molecule has 3 nitrogen and oxygen atoms in total. The molecule has 1 aliphatic carbocycles. The van der Waals surface area contributed by atoms with Crippen LogP contribution in [0.4, 0.5) is 0 Å². The molecule has 1 aromatic rings. The Morgan fingerprint density at radius 3 is 2.42 bits per heavy atom. The number of thioether (sulfide) groups is 1. The van der Waals surface area contributed by atoms with E-state index in [1.54, 1.807) is 14.2 Å². The molecule has 0 heterocycles. The highest BCUT2D eigenvalue weighted by molar-refractivity contribution is 7.99. The van der Waals surface area contributed by atoms with Crippen molar-refractivity contribution in [3.05, 3.63) is 17.7 Å². The minimum Gasteiger partial charge on any atom is -0.496 e. The first-order chi connectivity index (χ1) is 8.78. The molecule has 1 aromatic carbocycles. The lowest BCUT2D eigenvalue weighted by atomic mass is 10.1. The van der Waals surface area contributed by atoms with Gasteiger partial charge in [0, 0.05) is 5.75 Å². The average molecular weight is 304 g/mol. The second-order valence-corrected chi connectivity index (χ2v) is 5.67. The van der Waals surface area contributed by atoms with E-state index in [-0.39, 0.29) is 12.4 Å². The quantitative estimate of drug-likeness (QED) is 0.786. The van der Waals surface area contributed by atoms with Crippen molar-refractivity contribution >= 4 is 24.2 Å². The lowest BCUT2D eigenvalue weighted by molar-refractivity contribution is 0.390. The molecule has 2 rings (SSSR count). The molecule has 0 amide bonds. The summed E-state index contributed by atoms with van der Waals surface area (Å²) in [7, 11) is 3.42. The number of hydrogen-bond donors (Lipinski definition) is 1. The zero-order valence-corrected chi connectivity index (χ0v) is 13.1. The smallest absolute Gasteiger partial charge is 0.132 e. The Labute approximate surface area is 125 Å².